The van der Waals surface area contributed by atoms with E-state index < -0.39 is 43.6 Å². The molecule has 0 unspecified atom stereocenters. The van der Waals surface area contributed by atoms with Gasteiger partial charge in [-0.05, 0) is 53.9 Å². The Hall–Kier alpha value is -2.52. The molecular weight excluding hydrogens is 512 g/mol. The lowest BCUT2D eigenvalue weighted by Gasteiger charge is -2.51. The van der Waals surface area contributed by atoms with Gasteiger partial charge in [-0.15, -0.1) is 0 Å². The Morgan fingerprint density at radius 2 is 1.62 bits per heavy atom. The molecule has 2 saturated heterocycles. The van der Waals surface area contributed by atoms with Gasteiger partial charge < -0.3 is 23.4 Å². The minimum Gasteiger partial charge on any atom is -0.446 e. The first-order valence-electron chi connectivity index (χ1n) is 14.2. The van der Waals surface area contributed by atoms with Crippen molar-refractivity contribution < 1.29 is 33.0 Å². The number of allylic oxidation sites excluding steroid dienone is 2. The van der Waals surface area contributed by atoms with Gasteiger partial charge in [0.25, 0.3) is 0 Å². The van der Waals surface area contributed by atoms with Crippen molar-refractivity contribution in [2.24, 2.45) is 23.7 Å². The van der Waals surface area contributed by atoms with Crippen molar-refractivity contribution in [3.05, 3.63) is 48.6 Å². The summed E-state index contributed by atoms with van der Waals surface area (Å²) in [6.45, 7) is 11.0. The Morgan fingerprint density at radius 1 is 0.949 bits per heavy atom. The number of fused-ring (bicyclic) bond motifs is 7. The third-order valence-electron chi connectivity index (χ3n) is 11.3. The monoisotopic (exact) mass is 544 g/mol. The molecule has 1 spiro atoms. The van der Waals surface area contributed by atoms with E-state index in [2.05, 4.69) is 46.0 Å². The number of carbonyl (C=O) groups excluding carboxylic acids is 2. The summed E-state index contributed by atoms with van der Waals surface area (Å²) in [4.78, 5) is 29.2. The molecule has 3 aliphatic heterocycles. The van der Waals surface area contributed by atoms with E-state index in [1.165, 1.54) is 0 Å². The van der Waals surface area contributed by atoms with Crippen LogP contribution in [0, 0.1) is 23.7 Å². The Kier molecular flexibility index (Phi) is 3.87. The van der Waals surface area contributed by atoms with Crippen molar-refractivity contribution in [3.8, 4) is 11.5 Å². The summed E-state index contributed by atoms with van der Waals surface area (Å²) >= 11 is 0. The van der Waals surface area contributed by atoms with Gasteiger partial charge in [0.1, 0.15) is 11.5 Å². The van der Waals surface area contributed by atoms with Gasteiger partial charge in [0, 0.05) is 11.8 Å². The number of hydrogen-bond donors (Lipinski definition) is 0. The van der Waals surface area contributed by atoms with Crippen molar-refractivity contribution in [2.45, 2.75) is 80.6 Å². The lowest BCUT2D eigenvalue weighted by molar-refractivity contribution is -0.199. The van der Waals surface area contributed by atoms with Crippen LogP contribution in [-0.4, -0.2) is 55.2 Å². The van der Waals surface area contributed by atoms with Crippen molar-refractivity contribution >= 4 is 30.7 Å². The molecule has 2 aromatic rings. The van der Waals surface area contributed by atoms with E-state index in [4.69, 9.17) is 23.4 Å². The summed E-state index contributed by atoms with van der Waals surface area (Å²) in [5.74, 6) is -0.811. The van der Waals surface area contributed by atoms with E-state index >= 15 is 0 Å². The first kappa shape index (κ1) is 23.2. The molecule has 3 saturated carbocycles. The van der Waals surface area contributed by atoms with E-state index in [0.717, 1.165) is 17.2 Å². The summed E-state index contributed by atoms with van der Waals surface area (Å²) in [6, 6.07) is 11.7. The lowest BCUT2D eigenvalue weighted by Crippen LogP contribution is -2.77. The van der Waals surface area contributed by atoms with E-state index in [0.29, 0.717) is 11.5 Å². The number of epoxide rings is 2. The molecule has 202 valence electrons. The quantitative estimate of drug-likeness (QED) is 0.311. The summed E-state index contributed by atoms with van der Waals surface area (Å²) in [6.07, 6.45) is 3.24. The molecule has 5 fully saturated rings. The number of ketones is 2. The predicted molar refractivity (Wildman–Crippen MR) is 143 cm³/mol. The minimum absolute atomic E-state index is 0.0895. The molecule has 7 aliphatic rings. The molecule has 0 aromatic heterocycles. The van der Waals surface area contributed by atoms with Gasteiger partial charge in [-0.2, -0.15) is 0 Å². The van der Waals surface area contributed by atoms with Crippen molar-refractivity contribution in [3.63, 3.8) is 0 Å². The van der Waals surface area contributed by atoms with Crippen LogP contribution in [0.5, 0.6) is 11.5 Å². The Bertz CT molecular complexity index is 1510. The van der Waals surface area contributed by atoms with Gasteiger partial charge in [0.15, 0.2) is 31.9 Å². The van der Waals surface area contributed by atoms with Crippen molar-refractivity contribution in [1.29, 1.82) is 0 Å². The second-order valence-electron chi connectivity index (χ2n) is 14.1. The van der Waals surface area contributed by atoms with Gasteiger partial charge in [-0.1, -0.05) is 57.2 Å². The maximum Gasteiger partial charge on any atom is 0.321 e. The maximum atomic E-state index is 14.9. The van der Waals surface area contributed by atoms with E-state index in [1.807, 2.05) is 36.4 Å². The van der Waals surface area contributed by atoms with Crippen molar-refractivity contribution in [2.75, 3.05) is 0 Å². The van der Waals surface area contributed by atoms with Crippen LogP contribution in [0.15, 0.2) is 48.6 Å². The zero-order chi connectivity index (χ0) is 26.9. The fraction of sp³-hybridized carbons (Fsp3) is 0.548. The molecule has 39 heavy (non-hydrogen) atoms. The fourth-order valence-electron chi connectivity index (χ4n) is 8.44. The van der Waals surface area contributed by atoms with Gasteiger partial charge in [-0.25, -0.2) is 0 Å². The molecule has 0 amide bonds. The van der Waals surface area contributed by atoms with E-state index in [-0.39, 0.29) is 40.3 Å². The van der Waals surface area contributed by atoms with Crippen molar-refractivity contribution in [1.82, 2.24) is 0 Å². The number of Topliss-reactive ketones (excluding diaryl/α,β-unsaturated/α-hetero) is 2. The van der Waals surface area contributed by atoms with Crippen LogP contribution in [0.3, 0.4) is 0 Å². The standard InChI is InChI=1S/C31H32O7Si/c1-28(2,3)39(4,5)37-26-22-17-13-12-16(14-17)21(22)24(32)30-29(26,38-30)25(33)23-27(34-23)31(30)35-18-10-6-8-15-9-7-11-19(36-31)20(15)18/h6-13,16-17,21-23,26-27H,14H2,1-5H3/t16-,17+,21-,22+,23-,26+,27-,29-,30+/m0/s1. The number of benzene rings is 2. The molecule has 7 nitrogen and oxygen atoms in total. The third-order valence-corrected chi connectivity index (χ3v) is 15.7. The Labute approximate surface area is 227 Å². The van der Waals surface area contributed by atoms with Crippen LogP contribution in [0.4, 0.5) is 0 Å². The van der Waals surface area contributed by atoms with Crippen LogP contribution in [0.2, 0.25) is 18.1 Å². The predicted octanol–water partition coefficient (Wildman–Crippen LogP) is 4.58. The highest BCUT2D eigenvalue weighted by Gasteiger charge is 3.02. The molecule has 4 aliphatic carbocycles. The second-order valence-corrected chi connectivity index (χ2v) is 18.8. The zero-order valence-corrected chi connectivity index (χ0v) is 23.7. The first-order chi connectivity index (χ1) is 18.5. The number of ether oxygens (including phenoxy) is 4. The number of rotatable bonds is 2. The number of carbonyl (C=O) groups is 2. The third kappa shape index (κ3) is 2.34. The summed E-state index contributed by atoms with van der Waals surface area (Å²) < 4.78 is 33.6. The Balaban J connectivity index is 1.27. The SMILES string of the molecule is CC(C)(C)[Si](C)(C)O[C@@H]1[C@H]2[C@@H](C(=O)[C@@]34O[C@@]13C(=O)[C@@H]1O[C@@H]1C41Oc3cccc4cccc(c34)O1)[C@H]1C=C[C@@H]2C1. The first-order valence-corrected chi connectivity index (χ1v) is 17.1. The van der Waals surface area contributed by atoms with Crippen LogP contribution in [0.1, 0.15) is 27.2 Å². The lowest BCUT2D eigenvalue weighted by atomic mass is 9.56. The minimum atomic E-state index is -2.39. The second kappa shape index (κ2) is 6.51. The number of hydrogen-bond acceptors (Lipinski definition) is 7. The van der Waals surface area contributed by atoms with Crippen LogP contribution < -0.4 is 9.47 Å². The van der Waals surface area contributed by atoms with Crippen LogP contribution in [0.25, 0.3) is 10.8 Å². The topological polar surface area (TPSA) is 86.9 Å². The molecule has 0 radical (unpaired) electrons. The van der Waals surface area contributed by atoms with E-state index in [9.17, 15) is 9.59 Å². The molecular formula is C31H32O7Si. The highest BCUT2D eigenvalue weighted by Crippen LogP contribution is 2.76. The molecule has 3 heterocycles. The van der Waals surface area contributed by atoms with Crippen LogP contribution >= 0.6 is 0 Å². The Morgan fingerprint density at radius 3 is 2.28 bits per heavy atom. The summed E-state index contributed by atoms with van der Waals surface area (Å²) in [5, 5.41) is 1.74. The molecule has 9 atom stereocenters. The smallest absolute Gasteiger partial charge is 0.321 e. The molecule has 9 rings (SSSR count). The molecule has 8 heteroatoms. The molecule has 2 bridgehead atoms. The maximum absolute atomic E-state index is 14.9. The van der Waals surface area contributed by atoms with Gasteiger partial charge in [0.05, 0.1) is 11.5 Å². The molecule has 2 aromatic carbocycles. The average molecular weight is 545 g/mol. The summed E-state index contributed by atoms with van der Waals surface area (Å²) in [7, 11) is -2.39. The van der Waals surface area contributed by atoms with Gasteiger partial charge >= 0.3 is 5.79 Å². The molecule has 0 N–H and O–H groups in total. The fourth-order valence-corrected chi connectivity index (χ4v) is 9.75. The summed E-state index contributed by atoms with van der Waals surface area (Å²) in [5.41, 5.74) is -3.12. The normalized spacial score (nSPS) is 43.4. The largest absolute Gasteiger partial charge is 0.446 e. The highest BCUT2D eigenvalue weighted by molar-refractivity contribution is 6.74. The van der Waals surface area contributed by atoms with Crippen LogP contribution in [-0.2, 0) is 23.5 Å². The van der Waals surface area contributed by atoms with Gasteiger partial charge in [0.2, 0.25) is 11.4 Å². The average Bonchev–Trinajstić information content (AvgIpc) is 3.76. The van der Waals surface area contributed by atoms with E-state index in [1.54, 1.807) is 0 Å². The highest BCUT2D eigenvalue weighted by atomic mass is 28.4. The zero-order valence-electron chi connectivity index (χ0n) is 22.7. The van der Waals surface area contributed by atoms with Gasteiger partial charge in [-0.3, -0.25) is 9.59 Å².